The van der Waals surface area contributed by atoms with Crippen molar-refractivity contribution in [3.8, 4) is 11.1 Å². The van der Waals surface area contributed by atoms with E-state index in [1.165, 1.54) is 19.2 Å². The van der Waals surface area contributed by atoms with Crippen LogP contribution in [0.2, 0.25) is 0 Å². The van der Waals surface area contributed by atoms with Gasteiger partial charge in [0.05, 0.1) is 0 Å². The van der Waals surface area contributed by atoms with Gasteiger partial charge in [-0.25, -0.2) is 4.98 Å². The predicted octanol–water partition coefficient (Wildman–Crippen LogP) is 3.09. The minimum absolute atomic E-state index is 0.0110. The van der Waals surface area contributed by atoms with Crippen LogP contribution in [0.25, 0.3) is 11.1 Å². The summed E-state index contributed by atoms with van der Waals surface area (Å²) >= 11 is 0. The van der Waals surface area contributed by atoms with Crippen molar-refractivity contribution in [3.05, 3.63) is 54.1 Å². The average molecular weight is 215 g/mol. The highest BCUT2D eigenvalue weighted by molar-refractivity contribution is 5.95. The van der Waals surface area contributed by atoms with Gasteiger partial charge in [0.1, 0.15) is 0 Å². The first kappa shape index (κ1) is 10.5. The average Bonchev–Trinajstić information content (AvgIpc) is 2.30. The van der Waals surface area contributed by atoms with E-state index in [0.29, 0.717) is 5.56 Å². The van der Waals surface area contributed by atoms with Crippen LogP contribution >= 0.6 is 0 Å². The molecule has 0 aliphatic carbocycles. The molecule has 0 atom stereocenters. The molecule has 0 bridgehead atoms. The van der Waals surface area contributed by atoms with Crippen molar-refractivity contribution >= 4 is 5.78 Å². The monoisotopic (exact) mass is 215 g/mol. The standard InChI is InChI=1S/C13H10FNO/c1-9(16)10-3-2-4-11(7-10)12-5-6-13(14)15-8-12/h2-8H,1H3. The van der Waals surface area contributed by atoms with Gasteiger partial charge in [0.25, 0.3) is 0 Å². The molecule has 1 heterocycles. The number of benzene rings is 1. The molecule has 0 spiro atoms. The first-order valence-corrected chi connectivity index (χ1v) is 4.90. The van der Waals surface area contributed by atoms with Crippen LogP contribution in [0.1, 0.15) is 17.3 Å². The Hall–Kier alpha value is -2.03. The van der Waals surface area contributed by atoms with Crippen molar-refractivity contribution in [3.63, 3.8) is 0 Å². The second-order valence-electron chi connectivity index (χ2n) is 3.51. The zero-order valence-corrected chi connectivity index (χ0v) is 8.77. The van der Waals surface area contributed by atoms with Crippen LogP contribution in [-0.2, 0) is 0 Å². The maximum Gasteiger partial charge on any atom is 0.212 e. The van der Waals surface area contributed by atoms with E-state index in [0.717, 1.165) is 11.1 Å². The first-order chi connectivity index (χ1) is 7.66. The van der Waals surface area contributed by atoms with Gasteiger partial charge in [-0.1, -0.05) is 18.2 Å². The lowest BCUT2D eigenvalue weighted by Crippen LogP contribution is -1.92. The molecule has 0 aliphatic rings. The van der Waals surface area contributed by atoms with Crippen molar-refractivity contribution in [2.45, 2.75) is 6.92 Å². The summed E-state index contributed by atoms with van der Waals surface area (Å²) in [5.41, 5.74) is 2.30. The molecule has 80 valence electrons. The van der Waals surface area contributed by atoms with Gasteiger partial charge in [-0.2, -0.15) is 4.39 Å². The lowest BCUT2D eigenvalue weighted by molar-refractivity contribution is 0.101. The quantitative estimate of drug-likeness (QED) is 0.569. The number of halogens is 1. The molecule has 0 unspecified atom stereocenters. The Labute approximate surface area is 92.8 Å². The Morgan fingerprint density at radius 2 is 2.00 bits per heavy atom. The van der Waals surface area contributed by atoms with Gasteiger partial charge in [0.15, 0.2) is 5.78 Å². The molecule has 2 aromatic rings. The van der Waals surface area contributed by atoms with Gasteiger partial charge < -0.3 is 0 Å². The van der Waals surface area contributed by atoms with E-state index < -0.39 is 5.95 Å². The van der Waals surface area contributed by atoms with Crippen LogP contribution in [0.5, 0.6) is 0 Å². The van der Waals surface area contributed by atoms with E-state index in [1.807, 2.05) is 6.07 Å². The van der Waals surface area contributed by atoms with Crippen molar-refractivity contribution in [2.75, 3.05) is 0 Å². The first-order valence-electron chi connectivity index (χ1n) is 4.90. The van der Waals surface area contributed by atoms with E-state index in [9.17, 15) is 9.18 Å². The third kappa shape index (κ3) is 2.14. The molecule has 0 saturated carbocycles. The molecule has 0 amide bonds. The maximum atomic E-state index is 12.6. The number of carbonyl (C=O) groups is 1. The Bertz CT molecular complexity index is 520. The fourth-order valence-corrected chi connectivity index (χ4v) is 1.46. The van der Waals surface area contributed by atoms with Crippen molar-refractivity contribution in [1.82, 2.24) is 4.98 Å². The summed E-state index contributed by atoms with van der Waals surface area (Å²) in [5.74, 6) is -0.497. The molecule has 0 aliphatic heterocycles. The van der Waals surface area contributed by atoms with E-state index in [4.69, 9.17) is 0 Å². The Morgan fingerprint density at radius 3 is 2.62 bits per heavy atom. The molecule has 2 rings (SSSR count). The highest BCUT2D eigenvalue weighted by Crippen LogP contribution is 2.19. The molecular formula is C13H10FNO. The molecule has 0 fully saturated rings. The topological polar surface area (TPSA) is 30.0 Å². The number of hydrogen-bond donors (Lipinski definition) is 0. The van der Waals surface area contributed by atoms with Crippen molar-refractivity contribution < 1.29 is 9.18 Å². The number of pyridine rings is 1. The molecule has 1 aromatic carbocycles. The summed E-state index contributed by atoms with van der Waals surface area (Å²) in [4.78, 5) is 14.8. The van der Waals surface area contributed by atoms with E-state index in [-0.39, 0.29) is 5.78 Å². The van der Waals surface area contributed by atoms with Gasteiger partial charge in [0, 0.05) is 17.3 Å². The van der Waals surface area contributed by atoms with Crippen LogP contribution in [-0.4, -0.2) is 10.8 Å². The summed E-state index contributed by atoms with van der Waals surface area (Å²) in [5, 5.41) is 0. The summed E-state index contributed by atoms with van der Waals surface area (Å²) in [7, 11) is 0. The summed E-state index contributed by atoms with van der Waals surface area (Å²) in [6, 6.07) is 10.1. The number of rotatable bonds is 2. The molecule has 1 aromatic heterocycles. The summed E-state index contributed by atoms with van der Waals surface area (Å²) in [6.45, 7) is 1.52. The molecule has 0 radical (unpaired) electrons. The maximum absolute atomic E-state index is 12.6. The van der Waals surface area contributed by atoms with Crippen LogP contribution in [0.3, 0.4) is 0 Å². The number of hydrogen-bond acceptors (Lipinski definition) is 2. The number of carbonyl (C=O) groups excluding carboxylic acids is 1. The zero-order valence-electron chi connectivity index (χ0n) is 8.77. The lowest BCUT2D eigenvalue weighted by atomic mass is 10.0. The smallest absolute Gasteiger partial charge is 0.212 e. The van der Waals surface area contributed by atoms with Crippen LogP contribution in [0, 0.1) is 5.95 Å². The second-order valence-corrected chi connectivity index (χ2v) is 3.51. The Kier molecular flexibility index (Phi) is 2.77. The highest BCUT2D eigenvalue weighted by atomic mass is 19.1. The summed E-state index contributed by atoms with van der Waals surface area (Å²) < 4.78 is 12.6. The number of nitrogens with zero attached hydrogens (tertiary/aromatic N) is 1. The van der Waals surface area contributed by atoms with Crippen LogP contribution in [0.15, 0.2) is 42.6 Å². The van der Waals surface area contributed by atoms with Crippen molar-refractivity contribution in [1.29, 1.82) is 0 Å². The van der Waals surface area contributed by atoms with E-state index >= 15 is 0 Å². The molecule has 3 heteroatoms. The highest BCUT2D eigenvalue weighted by Gasteiger charge is 2.03. The number of ketones is 1. The molecule has 16 heavy (non-hydrogen) atoms. The SMILES string of the molecule is CC(=O)c1cccc(-c2ccc(F)nc2)c1. The van der Waals surface area contributed by atoms with Gasteiger partial charge in [-0.3, -0.25) is 4.79 Å². The Balaban J connectivity index is 2.44. The second kappa shape index (κ2) is 4.23. The Morgan fingerprint density at radius 1 is 1.19 bits per heavy atom. The minimum Gasteiger partial charge on any atom is -0.295 e. The number of Topliss-reactive ketones (excluding diaryl/α,β-unsaturated/α-hetero) is 1. The lowest BCUT2D eigenvalue weighted by Gasteiger charge is -2.02. The minimum atomic E-state index is -0.508. The van der Waals surface area contributed by atoms with Gasteiger partial charge in [-0.05, 0) is 30.7 Å². The molecule has 0 saturated heterocycles. The van der Waals surface area contributed by atoms with Gasteiger partial charge in [0.2, 0.25) is 5.95 Å². The zero-order chi connectivity index (χ0) is 11.5. The van der Waals surface area contributed by atoms with E-state index in [2.05, 4.69) is 4.98 Å². The molecule has 0 N–H and O–H groups in total. The van der Waals surface area contributed by atoms with Gasteiger partial charge in [-0.15, -0.1) is 0 Å². The number of aromatic nitrogens is 1. The third-order valence-corrected chi connectivity index (χ3v) is 2.33. The summed E-state index contributed by atoms with van der Waals surface area (Å²) in [6.07, 6.45) is 1.45. The predicted molar refractivity (Wildman–Crippen MR) is 59.6 cm³/mol. The largest absolute Gasteiger partial charge is 0.295 e. The molecule has 2 nitrogen and oxygen atoms in total. The van der Waals surface area contributed by atoms with Gasteiger partial charge >= 0.3 is 0 Å². The van der Waals surface area contributed by atoms with Crippen LogP contribution < -0.4 is 0 Å². The fraction of sp³-hybridized carbons (Fsp3) is 0.0769. The third-order valence-electron chi connectivity index (χ3n) is 2.33. The van der Waals surface area contributed by atoms with Crippen LogP contribution in [0.4, 0.5) is 4.39 Å². The van der Waals surface area contributed by atoms with Crippen molar-refractivity contribution in [2.24, 2.45) is 0 Å². The van der Waals surface area contributed by atoms with E-state index in [1.54, 1.807) is 24.3 Å². The normalized spacial score (nSPS) is 10.1. The molecular weight excluding hydrogens is 205 g/mol. The fourth-order valence-electron chi connectivity index (χ4n) is 1.46.